The molecule has 0 bridgehead atoms. The summed E-state index contributed by atoms with van der Waals surface area (Å²) in [6, 6.07) is 10.7. The van der Waals surface area contributed by atoms with Gasteiger partial charge < -0.3 is 9.26 Å². The summed E-state index contributed by atoms with van der Waals surface area (Å²) in [5.74, 6) is 0.830. The number of pyridine rings is 1. The minimum Gasteiger partial charge on any atom is -0.367 e. The maximum absolute atomic E-state index is 13.0. The highest BCUT2D eigenvalue weighted by Crippen LogP contribution is 2.23. The van der Waals surface area contributed by atoms with E-state index in [1.54, 1.807) is 36.7 Å². The second-order valence-corrected chi connectivity index (χ2v) is 9.12. The van der Waals surface area contributed by atoms with Crippen molar-refractivity contribution in [1.82, 2.24) is 19.4 Å². The van der Waals surface area contributed by atoms with Crippen LogP contribution >= 0.6 is 0 Å². The van der Waals surface area contributed by atoms with E-state index in [4.69, 9.17) is 9.26 Å². The molecule has 0 amide bonds. The molecule has 1 atom stereocenters. The van der Waals surface area contributed by atoms with Gasteiger partial charge in [0.2, 0.25) is 15.8 Å². The van der Waals surface area contributed by atoms with Crippen molar-refractivity contribution < 1.29 is 17.7 Å². The van der Waals surface area contributed by atoms with Gasteiger partial charge in [-0.25, -0.2) is 8.42 Å². The van der Waals surface area contributed by atoms with Crippen molar-refractivity contribution in [3.63, 3.8) is 0 Å². The van der Waals surface area contributed by atoms with Crippen molar-refractivity contribution in [3.8, 4) is 11.4 Å². The van der Waals surface area contributed by atoms with Crippen molar-refractivity contribution in [2.24, 2.45) is 0 Å². The number of nitrogens with zero attached hydrogens (tertiary/aromatic N) is 4. The second-order valence-electron chi connectivity index (χ2n) is 7.18. The van der Waals surface area contributed by atoms with Gasteiger partial charge in [-0.2, -0.15) is 9.29 Å². The van der Waals surface area contributed by atoms with Gasteiger partial charge in [-0.15, -0.1) is 0 Å². The molecule has 0 radical (unpaired) electrons. The molecule has 1 aliphatic heterocycles. The highest BCUT2D eigenvalue weighted by molar-refractivity contribution is 7.89. The van der Waals surface area contributed by atoms with Gasteiger partial charge in [0.25, 0.3) is 5.89 Å². The third-order valence-electron chi connectivity index (χ3n) is 5.16. The van der Waals surface area contributed by atoms with Gasteiger partial charge in [0.05, 0.1) is 11.0 Å². The molecule has 2 aromatic heterocycles. The SMILES string of the molecule is CCc1ccc(S(=O)(=O)N2CCCC(OCc3nc(-c4ccncc4)no3)C2)cc1. The monoisotopic (exact) mass is 428 g/mol. The summed E-state index contributed by atoms with van der Waals surface area (Å²) < 4.78 is 38.6. The molecule has 0 aliphatic carbocycles. The van der Waals surface area contributed by atoms with Gasteiger partial charge in [-0.3, -0.25) is 4.98 Å². The van der Waals surface area contributed by atoms with E-state index in [0.29, 0.717) is 29.7 Å². The molecule has 3 heterocycles. The van der Waals surface area contributed by atoms with Gasteiger partial charge in [-0.1, -0.05) is 24.2 Å². The predicted octanol–water partition coefficient (Wildman–Crippen LogP) is 3.06. The third-order valence-corrected chi connectivity index (χ3v) is 7.04. The van der Waals surface area contributed by atoms with Gasteiger partial charge in [-0.05, 0) is 49.1 Å². The molecule has 1 unspecified atom stereocenters. The van der Waals surface area contributed by atoms with E-state index >= 15 is 0 Å². The Morgan fingerprint density at radius 1 is 1.17 bits per heavy atom. The van der Waals surface area contributed by atoms with Crippen LogP contribution in [0.3, 0.4) is 0 Å². The van der Waals surface area contributed by atoms with Crippen LogP contribution in [0, 0.1) is 0 Å². The fraction of sp³-hybridized carbons (Fsp3) is 0.381. The first-order valence-electron chi connectivity index (χ1n) is 10.00. The first kappa shape index (κ1) is 20.6. The first-order valence-corrected chi connectivity index (χ1v) is 11.4. The molecule has 0 spiro atoms. The highest BCUT2D eigenvalue weighted by Gasteiger charge is 2.31. The molecule has 0 N–H and O–H groups in total. The third kappa shape index (κ3) is 4.58. The lowest BCUT2D eigenvalue weighted by molar-refractivity contribution is -0.00296. The van der Waals surface area contributed by atoms with Crippen LogP contribution in [-0.2, 0) is 27.8 Å². The Hall–Kier alpha value is -2.62. The zero-order chi connectivity index (χ0) is 21.0. The zero-order valence-corrected chi connectivity index (χ0v) is 17.6. The van der Waals surface area contributed by atoms with Crippen LogP contribution in [0.5, 0.6) is 0 Å². The Bertz CT molecular complexity index is 1070. The summed E-state index contributed by atoms with van der Waals surface area (Å²) in [5, 5.41) is 3.96. The first-order chi connectivity index (χ1) is 14.6. The number of hydrogen-bond donors (Lipinski definition) is 0. The Morgan fingerprint density at radius 3 is 2.67 bits per heavy atom. The van der Waals surface area contributed by atoms with E-state index in [0.717, 1.165) is 30.4 Å². The molecule has 1 saturated heterocycles. The number of aryl methyl sites for hydroxylation is 1. The van der Waals surface area contributed by atoms with E-state index in [9.17, 15) is 8.42 Å². The lowest BCUT2D eigenvalue weighted by Crippen LogP contribution is -2.43. The fourth-order valence-corrected chi connectivity index (χ4v) is 4.94. The molecule has 158 valence electrons. The molecule has 4 rings (SSSR count). The number of sulfonamides is 1. The van der Waals surface area contributed by atoms with Gasteiger partial charge >= 0.3 is 0 Å². The van der Waals surface area contributed by atoms with Crippen molar-refractivity contribution in [1.29, 1.82) is 0 Å². The van der Waals surface area contributed by atoms with Crippen LogP contribution in [0.4, 0.5) is 0 Å². The number of ether oxygens (including phenoxy) is 1. The Kier molecular flexibility index (Phi) is 6.21. The Balaban J connectivity index is 1.38. The molecule has 3 aromatic rings. The summed E-state index contributed by atoms with van der Waals surface area (Å²) in [4.78, 5) is 8.62. The predicted molar refractivity (Wildman–Crippen MR) is 110 cm³/mol. The second kappa shape index (κ2) is 9.03. The van der Waals surface area contributed by atoms with Crippen LogP contribution in [0.15, 0.2) is 58.2 Å². The normalized spacial score (nSPS) is 17.8. The van der Waals surface area contributed by atoms with Crippen molar-refractivity contribution in [3.05, 3.63) is 60.2 Å². The quantitative estimate of drug-likeness (QED) is 0.570. The van der Waals surface area contributed by atoms with E-state index in [1.165, 1.54) is 4.31 Å². The van der Waals surface area contributed by atoms with Crippen LogP contribution in [0.1, 0.15) is 31.2 Å². The molecular formula is C21H24N4O4S. The van der Waals surface area contributed by atoms with Crippen LogP contribution in [0.2, 0.25) is 0 Å². The molecule has 1 aromatic carbocycles. The van der Waals surface area contributed by atoms with E-state index in [2.05, 4.69) is 15.1 Å². The maximum atomic E-state index is 13.0. The topological polar surface area (TPSA) is 98.4 Å². The number of benzene rings is 1. The minimum atomic E-state index is -3.54. The number of rotatable bonds is 7. The highest BCUT2D eigenvalue weighted by atomic mass is 32.2. The summed E-state index contributed by atoms with van der Waals surface area (Å²) >= 11 is 0. The zero-order valence-electron chi connectivity index (χ0n) is 16.8. The molecule has 1 fully saturated rings. The van der Waals surface area contributed by atoms with Gasteiger partial charge in [0, 0.05) is 31.0 Å². The molecular weight excluding hydrogens is 404 g/mol. The summed E-state index contributed by atoms with van der Waals surface area (Å²) in [5.41, 5.74) is 1.92. The standard InChI is InChI=1S/C21H24N4O4S/c1-2-16-5-7-19(8-6-16)30(26,27)25-13-3-4-18(14-25)28-15-20-23-21(24-29-20)17-9-11-22-12-10-17/h5-12,18H,2-4,13-15H2,1H3. The minimum absolute atomic E-state index is 0.141. The van der Waals surface area contributed by atoms with Crippen molar-refractivity contribution in [2.45, 2.75) is 43.8 Å². The summed E-state index contributed by atoms with van der Waals surface area (Å²) in [6.45, 7) is 2.98. The summed E-state index contributed by atoms with van der Waals surface area (Å²) in [7, 11) is -3.54. The van der Waals surface area contributed by atoms with E-state index in [-0.39, 0.29) is 12.7 Å². The molecule has 8 nitrogen and oxygen atoms in total. The Labute approximate surface area is 175 Å². The largest absolute Gasteiger partial charge is 0.367 e. The Morgan fingerprint density at radius 2 is 1.93 bits per heavy atom. The van der Waals surface area contributed by atoms with E-state index < -0.39 is 10.0 Å². The average Bonchev–Trinajstić information content (AvgIpc) is 3.28. The van der Waals surface area contributed by atoms with Crippen LogP contribution < -0.4 is 0 Å². The lowest BCUT2D eigenvalue weighted by atomic mass is 10.1. The lowest BCUT2D eigenvalue weighted by Gasteiger charge is -2.31. The van der Waals surface area contributed by atoms with Crippen molar-refractivity contribution >= 4 is 10.0 Å². The molecule has 30 heavy (non-hydrogen) atoms. The van der Waals surface area contributed by atoms with Crippen LogP contribution in [-0.4, -0.2) is 47.0 Å². The number of aromatic nitrogens is 3. The maximum Gasteiger partial charge on any atom is 0.252 e. The fourth-order valence-electron chi connectivity index (χ4n) is 3.43. The average molecular weight is 429 g/mol. The van der Waals surface area contributed by atoms with E-state index in [1.807, 2.05) is 19.1 Å². The van der Waals surface area contributed by atoms with Crippen LogP contribution in [0.25, 0.3) is 11.4 Å². The number of piperidine rings is 1. The number of hydrogen-bond acceptors (Lipinski definition) is 7. The molecule has 0 saturated carbocycles. The molecule has 1 aliphatic rings. The smallest absolute Gasteiger partial charge is 0.252 e. The van der Waals surface area contributed by atoms with Gasteiger partial charge in [0.15, 0.2) is 0 Å². The molecule has 9 heteroatoms. The summed E-state index contributed by atoms with van der Waals surface area (Å²) in [6.07, 6.45) is 5.50. The van der Waals surface area contributed by atoms with Gasteiger partial charge in [0.1, 0.15) is 6.61 Å². The van der Waals surface area contributed by atoms with Crippen molar-refractivity contribution in [2.75, 3.05) is 13.1 Å².